The van der Waals surface area contributed by atoms with Crippen LogP contribution in [0, 0.1) is 24.0 Å². The molecule has 0 aliphatic heterocycles. The molecule has 19 heavy (non-hydrogen) atoms. The molecule has 0 aliphatic rings. The van der Waals surface area contributed by atoms with Gasteiger partial charge in [0.2, 0.25) is 0 Å². The van der Waals surface area contributed by atoms with Gasteiger partial charge in [0.25, 0.3) is 0 Å². The van der Waals surface area contributed by atoms with Gasteiger partial charge in [-0.05, 0) is 42.8 Å². The van der Waals surface area contributed by atoms with Crippen LogP contribution in [0.4, 0.5) is 8.78 Å². The lowest BCUT2D eigenvalue weighted by Crippen LogP contribution is -2.12. The molecule has 0 amide bonds. The highest BCUT2D eigenvalue weighted by atomic mass is 32.2. The molecule has 3 N–H and O–H groups in total. The molecule has 2 rings (SSSR count). The molecule has 0 unspecified atom stereocenters. The number of nitrogen functional groups attached to an aromatic ring is 1. The van der Waals surface area contributed by atoms with Gasteiger partial charge in [-0.2, -0.15) is 0 Å². The molecule has 0 bridgehead atoms. The van der Waals surface area contributed by atoms with Crippen molar-refractivity contribution >= 4 is 17.6 Å². The second-order valence-electron chi connectivity index (χ2n) is 4.07. The Morgan fingerprint density at radius 1 is 1.16 bits per heavy atom. The first-order chi connectivity index (χ1) is 8.97. The summed E-state index contributed by atoms with van der Waals surface area (Å²) in [5, 5.41) is 7.39. The minimum atomic E-state index is -0.593. The lowest BCUT2D eigenvalue weighted by molar-refractivity contribution is 0.565. The first-order valence-electron chi connectivity index (χ1n) is 5.55. The average Bonchev–Trinajstić information content (AvgIpc) is 2.32. The summed E-state index contributed by atoms with van der Waals surface area (Å²) in [6, 6.07) is 8.80. The number of amidine groups is 1. The number of hydrogen-bond donors (Lipinski definition) is 2. The smallest absolute Gasteiger partial charge is 0.140 e. The zero-order valence-electron chi connectivity index (χ0n) is 10.2. The first-order valence-corrected chi connectivity index (χ1v) is 6.37. The molecule has 0 aromatic heterocycles. The predicted molar refractivity (Wildman–Crippen MR) is 72.7 cm³/mol. The fraction of sp³-hybridized carbons (Fsp3) is 0.0714. The fourth-order valence-corrected chi connectivity index (χ4v) is 2.61. The average molecular weight is 278 g/mol. The van der Waals surface area contributed by atoms with E-state index in [2.05, 4.69) is 0 Å². The van der Waals surface area contributed by atoms with Gasteiger partial charge in [0.05, 0.1) is 0 Å². The molecule has 0 fully saturated rings. The van der Waals surface area contributed by atoms with E-state index in [0.717, 1.165) is 16.5 Å². The van der Waals surface area contributed by atoms with Gasteiger partial charge in [-0.1, -0.05) is 11.8 Å². The summed E-state index contributed by atoms with van der Waals surface area (Å²) in [5.41, 5.74) is 6.94. The van der Waals surface area contributed by atoms with E-state index >= 15 is 0 Å². The van der Waals surface area contributed by atoms with E-state index in [9.17, 15) is 8.78 Å². The van der Waals surface area contributed by atoms with E-state index in [4.69, 9.17) is 11.1 Å². The molecule has 0 spiro atoms. The Morgan fingerprint density at radius 3 is 2.47 bits per heavy atom. The molecule has 0 heterocycles. The zero-order chi connectivity index (χ0) is 14.0. The number of nitrogens with two attached hydrogens (primary N) is 1. The molecule has 98 valence electrons. The molecular weight excluding hydrogens is 266 g/mol. The maximum absolute atomic E-state index is 13.5. The Balaban J connectivity index is 2.29. The van der Waals surface area contributed by atoms with Crippen molar-refractivity contribution in [2.75, 3.05) is 0 Å². The van der Waals surface area contributed by atoms with Crippen molar-refractivity contribution in [1.82, 2.24) is 0 Å². The van der Waals surface area contributed by atoms with Gasteiger partial charge in [0.1, 0.15) is 17.5 Å². The molecule has 2 nitrogen and oxygen atoms in total. The van der Waals surface area contributed by atoms with Crippen molar-refractivity contribution in [3.63, 3.8) is 0 Å². The predicted octanol–water partition coefficient (Wildman–Crippen LogP) is 3.71. The van der Waals surface area contributed by atoms with Gasteiger partial charge in [0.15, 0.2) is 0 Å². The second-order valence-corrected chi connectivity index (χ2v) is 5.18. The fourth-order valence-electron chi connectivity index (χ4n) is 1.69. The highest BCUT2D eigenvalue weighted by Gasteiger charge is 2.08. The summed E-state index contributed by atoms with van der Waals surface area (Å²) in [6.07, 6.45) is 0. The van der Waals surface area contributed by atoms with Crippen LogP contribution in [0.5, 0.6) is 0 Å². The summed E-state index contributed by atoms with van der Waals surface area (Å²) >= 11 is 1.20. The summed E-state index contributed by atoms with van der Waals surface area (Å²) in [4.78, 5) is 1.17. The van der Waals surface area contributed by atoms with Crippen molar-refractivity contribution in [1.29, 1.82) is 5.41 Å². The van der Waals surface area contributed by atoms with Crippen LogP contribution in [0.2, 0.25) is 0 Å². The van der Waals surface area contributed by atoms with E-state index < -0.39 is 11.6 Å². The Bertz CT molecular complexity index is 641. The van der Waals surface area contributed by atoms with Crippen LogP contribution < -0.4 is 5.73 Å². The molecule has 5 heteroatoms. The molecule has 0 atom stereocenters. The van der Waals surface area contributed by atoms with Crippen molar-refractivity contribution in [2.24, 2.45) is 5.73 Å². The minimum absolute atomic E-state index is 0.00186. The highest BCUT2D eigenvalue weighted by molar-refractivity contribution is 7.99. The third-order valence-corrected chi connectivity index (χ3v) is 3.65. The van der Waals surface area contributed by atoms with Crippen molar-refractivity contribution in [3.8, 4) is 0 Å². The van der Waals surface area contributed by atoms with E-state index in [1.54, 1.807) is 12.1 Å². The van der Waals surface area contributed by atoms with Crippen LogP contribution in [0.15, 0.2) is 46.2 Å². The summed E-state index contributed by atoms with van der Waals surface area (Å²) in [7, 11) is 0. The maximum atomic E-state index is 13.5. The van der Waals surface area contributed by atoms with Gasteiger partial charge in [0, 0.05) is 21.4 Å². The number of rotatable bonds is 3. The van der Waals surface area contributed by atoms with Gasteiger partial charge >= 0.3 is 0 Å². The molecular formula is C14H12F2N2S. The van der Waals surface area contributed by atoms with Gasteiger partial charge in [-0.25, -0.2) is 8.78 Å². The maximum Gasteiger partial charge on any atom is 0.140 e. The third kappa shape index (κ3) is 3.12. The van der Waals surface area contributed by atoms with Crippen molar-refractivity contribution < 1.29 is 8.78 Å². The molecule has 2 aromatic carbocycles. The van der Waals surface area contributed by atoms with Crippen LogP contribution in [0.25, 0.3) is 0 Å². The van der Waals surface area contributed by atoms with E-state index in [0.29, 0.717) is 10.5 Å². The van der Waals surface area contributed by atoms with Gasteiger partial charge in [-0.3, -0.25) is 5.41 Å². The van der Waals surface area contributed by atoms with E-state index in [-0.39, 0.29) is 5.84 Å². The highest BCUT2D eigenvalue weighted by Crippen LogP contribution is 2.31. The van der Waals surface area contributed by atoms with Crippen LogP contribution in [-0.2, 0) is 0 Å². The van der Waals surface area contributed by atoms with E-state index in [1.165, 1.54) is 23.9 Å². The Hall–Kier alpha value is -1.88. The quantitative estimate of drug-likeness (QED) is 0.664. The van der Waals surface area contributed by atoms with Crippen LogP contribution >= 0.6 is 11.8 Å². The Morgan fingerprint density at radius 2 is 1.89 bits per heavy atom. The van der Waals surface area contributed by atoms with Gasteiger partial charge in [-0.15, -0.1) is 0 Å². The molecule has 2 aromatic rings. The number of hydrogen-bond acceptors (Lipinski definition) is 2. The Labute approximate surface area is 114 Å². The molecule has 0 aliphatic carbocycles. The van der Waals surface area contributed by atoms with Crippen LogP contribution in [0.3, 0.4) is 0 Å². The standard InChI is InChI=1S/C14H12F2N2S/c1-8-6-10(3-4-11(8)14(17)18)19-13-5-2-9(15)7-12(13)16/h2-7H,1H3,(H3,17,18). The third-order valence-electron chi connectivity index (χ3n) is 2.61. The summed E-state index contributed by atoms with van der Waals surface area (Å²) < 4.78 is 26.3. The second kappa shape index (κ2) is 5.40. The molecule has 0 saturated heterocycles. The zero-order valence-corrected chi connectivity index (χ0v) is 11.0. The molecule has 0 radical (unpaired) electrons. The van der Waals surface area contributed by atoms with Crippen LogP contribution in [-0.4, -0.2) is 5.84 Å². The number of halogens is 2. The summed E-state index contributed by atoms with van der Waals surface area (Å²) in [5.74, 6) is -1.18. The number of aryl methyl sites for hydroxylation is 1. The van der Waals surface area contributed by atoms with Crippen LogP contribution in [0.1, 0.15) is 11.1 Å². The SMILES string of the molecule is Cc1cc(Sc2ccc(F)cc2F)ccc1C(=N)N. The monoisotopic (exact) mass is 278 g/mol. The topological polar surface area (TPSA) is 49.9 Å². The molecule has 0 saturated carbocycles. The first kappa shape index (κ1) is 13.5. The lowest BCUT2D eigenvalue weighted by Gasteiger charge is -2.07. The number of nitrogens with one attached hydrogen (secondary N) is 1. The largest absolute Gasteiger partial charge is 0.384 e. The normalized spacial score (nSPS) is 10.5. The Kier molecular flexibility index (Phi) is 3.85. The number of benzene rings is 2. The minimum Gasteiger partial charge on any atom is -0.384 e. The lowest BCUT2D eigenvalue weighted by atomic mass is 10.1. The van der Waals surface area contributed by atoms with Crippen molar-refractivity contribution in [3.05, 3.63) is 59.2 Å². The summed E-state index contributed by atoms with van der Waals surface area (Å²) in [6.45, 7) is 1.84. The van der Waals surface area contributed by atoms with Crippen molar-refractivity contribution in [2.45, 2.75) is 16.7 Å². The van der Waals surface area contributed by atoms with E-state index in [1.807, 2.05) is 13.0 Å². The van der Waals surface area contributed by atoms with Gasteiger partial charge < -0.3 is 5.73 Å².